The average molecular weight is 238 g/mol. The maximum absolute atomic E-state index is 10.7. The summed E-state index contributed by atoms with van der Waals surface area (Å²) in [7, 11) is 0. The summed E-state index contributed by atoms with van der Waals surface area (Å²) in [5, 5.41) is 18.0. The molecule has 1 aromatic rings. The van der Waals surface area contributed by atoms with Crippen LogP contribution >= 0.6 is 0 Å². The first-order valence-electron chi connectivity index (χ1n) is 5.46. The Kier molecular flexibility index (Phi) is 4.34. The smallest absolute Gasteiger partial charge is 0.306 e. The molecule has 94 valence electrons. The normalized spacial score (nSPS) is 14.2. The van der Waals surface area contributed by atoms with E-state index in [0.29, 0.717) is 18.5 Å². The molecule has 0 radical (unpaired) electrons. The predicted octanol–water partition coefficient (Wildman–Crippen LogP) is 0.955. The zero-order chi connectivity index (χ0) is 13.0. The minimum absolute atomic E-state index is 0.0428. The molecule has 0 aromatic heterocycles. The lowest BCUT2D eigenvalue weighted by Gasteiger charge is -2.14. The summed E-state index contributed by atoms with van der Waals surface area (Å²) >= 11 is 0. The number of aliphatic carboxylic acids is 1. The first-order valence-corrected chi connectivity index (χ1v) is 5.46. The molecule has 0 bridgehead atoms. The van der Waals surface area contributed by atoms with Crippen LogP contribution in [0.25, 0.3) is 0 Å². The number of aromatic hydroxyl groups is 1. The molecule has 1 aromatic carbocycles. The highest BCUT2D eigenvalue weighted by molar-refractivity contribution is 5.69. The van der Waals surface area contributed by atoms with E-state index < -0.39 is 11.9 Å². The molecule has 0 aliphatic rings. The highest BCUT2D eigenvalue weighted by atomic mass is 16.4. The lowest BCUT2D eigenvalue weighted by Crippen LogP contribution is -2.28. The Morgan fingerprint density at radius 2 is 2.12 bits per heavy atom. The van der Waals surface area contributed by atoms with Crippen LogP contribution in [0.5, 0.6) is 5.75 Å². The summed E-state index contributed by atoms with van der Waals surface area (Å²) < 4.78 is 0. The highest BCUT2D eigenvalue weighted by Gasteiger charge is 2.15. The highest BCUT2D eigenvalue weighted by Crippen LogP contribution is 2.21. The zero-order valence-corrected chi connectivity index (χ0v) is 9.76. The molecule has 0 aliphatic carbocycles. The van der Waals surface area contributed by atoms with Crippen molar-refractivity contribution >= 4 is 11.7 Å². The van der Waals surface area contributed by atoms with E-state index in [0.717, 1.165) is 5.56 Å². The van der Waals surface area contributed by atoms with Crippen LogP contribution in [0, 0.1) is 5.92 Å². The zero-order valence-electron chi connectivity index (χ0n) is 9.76. The molecule has 2 atom stereocenters. The lowest BCUT2D eigenvalue weighted by atomic mass is 9.97. The Morgan fingerprint density at radius 1 is 1.47 bits per heavy atom. The summed E-state index contributed by atoms with van der Waals surface area (Å²) in [5.74, 6) is -1.26. The number of carboxylic acids is 1. The molecular weight excluding hydrogens is 220 g/mol. The molecule has 0 aliphatic heterocycles. The average Bonchev–Trinajstić information content (AvgIpc) is 2.23. The van der Waals surface area contributed by atoms with Crippen LogP contribution in [0.15, 0.2) is 18.2 Å². The third kappa shape index (κ3) is 3.96. The van der Waals surface area contributed by atoms with E-state index in [1.807, 2.05) is 0 Å². The number of benzene rings is 1. The standard InChI is InChI=1S/C12H18N2O3/c1-7(12(16)17)4-9(13)5-8-2-3-11(15)10(14)6-8/h2-3,6-7,9,15H,4-5,13-14H2,1H3,(H,16,17)/t7?,9-/m1/s1. The number of hydrogen-bond acceptors (Lipinski definition) is 4. The summed E-state index contributed by atoms with van der Waals surface area (Å²) in [6.45, 7) is 1.63. The largest absolute Gasteiger partial charge is 0.506 e. The lowest BCUT2D eigenvalue weighted by molar-refractivity contribution is -0.141. The van der Waals surface area contributed by atoms with Gasteiger partial charge in [-0.25, -0.2) is 0 Å². The number of rotatable bonds is 5. The van der Waals surface area contributed by atoms with Gasteiger partial charge in [0.2, 0.25) is 0 Å². The number of phenols is 1. The molecule has 17 heavy (non-hydrogen) atoms. The van der Waals surface area contributed by atoms with Gasteiger partial charge in [-0.2, -0.15) is 0 Å². The van der Waals surface area contributed by atoms with Gasteiger partial charge < -0.3 is 21.7 Å². The molecule has 0 fully saturated rings. The van der Waals surface area contributed by atoms with E-state index in [4.69, 9.17) is 16.6 Å². The Hall–Kier alpha value is -1.75. The molecular formula is C12H18N2O3. The Labute approximate surface area is 100 Å². The van der Waals surface area contributed by atoms with E-state index >= 15 is 0 Å². The van der Waals surface area contributed by atoms with Crippen LogP contribution in [-0.2, 0) is 11.2 Å². The fourth-order valence-electron chi connectivity index (χ4n) is 1.67. The monoisotopic (exact) mass is 238 g/mol. The van der Waals surface area contributed by atoms with E-state index in [1.165, 1.54) is 6.07 Å². The minimum atomic E-state index is -0.842. The number of carboxylic acid groups (broad SMARTS) is 1. The third-order valence-electron chi connectivity index (χ3n) is 2.67. The molecule has 5 heteroatoms. The number of phenolic OH excluding ortho intramolecular Hbond substituents is 1. The number of carbonyl (C=O) groups is 1. The molecule has 5 nitrogen and oxygen atoms in total. The molecule has 1 unspecified atom stereocenters. The molecule has 0 saturated carbocycles. The van der Waals surface area contributed by atoms with E-state index in [2.05, 4.69) is 0 Å². The fourth-order valence-corrected chi connectivity index (χ4v) is 1.67. The van der Waals surface area contributed by atoms with Crippen LogP contribution in [0.2, 0.25) is 0 Å². The number of nitrogens with two attached hydrogens (primary N) is 2. The summed E-state index contributed by atoms with van der Waals surface area (Å²) in [5.41, 5.74) is 12.6. The van der Waals surface area contributed by atoms with Crippen molar-refractivity contribution in [3.8, 4) is 5.75 Å². The van der Waals surface area contributed by atoms with Crippen LogP contribution in [0.1, 0.15) is 18.9 Å². The second kappa shape index (κ2) is 5.54. The van der Waals surface area contributed by atoms with Crippen molar-refractivity contribution in [2.75, 3.05) is 5.73 Å². The van der Waals surface area contributed by atoms with Gasteiger partial charge in [-0.1, -0.05) is 13.0 Å². The topological polar surface area (TPSA) is 110 Å². The van der Waals surface area contributed by atoms with Gasteiger partial charge in [0.1, 0.15) is 5.75 Å². The van der Waals surface area contributed by atoms with Gasteiger partial charge >= 0.3 is 5.97 Å². The van der Waals surface area contributed by atoms with Crippen LogP contribution in [0.3, 0.4) is 0 Å². The van der Waals surface area contributed by atoms with Gasteiger partial charge in [-0.15, -0.1) is 0 Å². The van der Waals surface area contributed by atoms with Crippen molar-refractivity contribution in [3.63, 3.8) is 0 Å². The SMILES string of the molecule is CC(C[C@@H](N)Cc1ccc(O)c(N)c1)C(=O)O. The van der Waals surface area contributed by atoms with Crippen molar-refractivity contribution in [1.29, 1.82) is 0 Å². The van der Waals surface area contributed by atoms with Crippen molar-refractivity contribution in [2.24, 2.45) is 11.7 Å². The summed E-state index contributed by atoms with van der Waals surface area (Å²) in [4.78, 5) is 10.7. The fraction of sp³-hybridized carbons (Fsp3) is 0.417. The molecule has 0 saturated heterocycles. The second-order valence-electron chi connectivity index (χ2n) is 4.33. The molecule has 0 heterocycles. The molecule has 0 amide bonds. The van der Waals surface area contributed by atoms with Crippen LogP contribution in [0.4, 0.5) is 5.69 Å². The quantitative estimate of drug-likeness (QED) is 0.451. The van der Waals surface area contributed by atoms with Gasteiger partial charge in [0.15, 0.2) is 0 Å². The Bertz CT molecular complexity index is 407. The maximum Gasteiger partial charge on any atom is 0.306 e. The number of nitrogen functional groups attached to an aromatic ring is 1. The maximum atomic E-state index is 10.7. The molecule has 0 spiro atoms. The van der Waals surface area contributed by atoms with E-state index in [1.54, 1.807) is 19.1 Å². The van der Waals surface area contributed by atoms with Gasteiger partial charge in [-0.3, -0.25) is 4.79 Å². The van der Waals surface area contributed by atoms with Crippen LogP contribution < -0.4 is 11.5 Å². The molecule has 6 N–H and O–H groups in total. The van der Waals surface area contributed by atoms with Gasteiger partial charge in [0.25, 0.3) is 0 Å². The number of anilines is 1. The van der Waals surface area contributed by atoms with Crippen molar-refractivity contribution in [2.45, 2.75) is 25.8 Å². The second-order valence-corrected chi connectivity index (χ2v) is 4.33. The van der Waals surface area contributed by atoms with Gasteiger partial charge in [-0.05, 0) is 30.5 Å². The van der Waals surface area contributed by atoms with Crippen molar-refractivity contribution in [1.82, 2.24) is 0 Å². The van der Waals surface area contributed by atoms with Gasteiger partial charge in [0.05, 0.1) is 11.6 Å². The van der Waals surface area contributed by atoms with Crippen molar-refractivity contribution < 1.29 is 15.0 Å². The van der Waals surface area contributed by atoms with Gasteiger partial charge in [0, 0.05) is 6.04 Å². The Balaban J connectivity index is 2.58. The summed E-state index contributed by atoms with van der Waals surface area (Å²) in [6, 6.07) is 4.67. The molecule has 1 rings (SSSR count). The predicted molar refractivity (Wildman–Crippen MR) is 65.6 cm³/mol. The number of hydrogen-bond donors (Lipinski definition) is 4. The van der Waals surface area contributed by atoms with E-state index in [9.17, 15) is 9.90 Å². The first-order chi connectivity index (χ1) is 7.90. The van der Waals surface area contributed by atoms with Crippen LogP contribution in [-0.4, -0.2) is 22.2 Å². The Morgan fingerprint density at radius 3 is 2.65 bits per heavy atom. The third-order valence-corrected chi connectivity index (χ3v) is 2.67. The minimum Gasteiger partial charge on any atom is -0.506 e. The van der Waals surface area contributed by atoms with Crippen molar-refractivity contribution in [3.05, 3.63) is 23.8 Å². The first kappa shape index (κ1) is 13.3. The summed E-state index contributed by atoms with van der Waals surface area (Å²) in [6.07, 6.45) is 0.957. The van der Waals surface area contributed by atoms with E-state index in [-0.39, 0.29) is 11.8 Å².